The molecule has 0 unspecified atom stereocenters. The molecule has 3 nitrogen and oxygen atoms in total. The van der Waals surface area contributed by atoms with Crippen molar-refractivity contribution >= 4 is 9.84 Å². The highest BCUT2D eigenvalue weighted by Crippen LogP contribution is 2.26. The van der Waals surface area contributed by atoms with Crippen LogP contribution in [0.25, 0.3) is 0 Å². The van der Waals surface area contributed by atoms with Gasteiger partial charge in [0.2, 0.25) is 0 Å². The molecule has 0 bridgehead atoms. The van der Waals surface area contributed by atoms with Crippen LogP contribution in [0.15, 0.2) is 52.5 Å². The first-order valence-electron chi connectivity index (χ1n) is 7.63. The molecule has 0 amide bonds. The van der Waals surface area contributed by atoms with Crippen molar-refractivity contribution in [1.29, 1.82) is 0 Å². The Hall–Kier alpha value is -1.46. The van der Waals surface area contributed by atoms with Gasteiger partial charge in [-0.05, 0) is 55.6 Å². The van der Waals surface area contributed by atoms with Crippen molar-refractivity contribution in [3.05, 3.63) is 53.4 Å². The Morgan fingerprint density at radius 1 is 1.14 bits per heavy atom. The molecule has 1 aromatic rings. The molecule has 3 rings (SSSR count). The Kier molecular flexibility index (Phi) is 4.45. The highest BCUT2D eigenvalue weighted by atomic mass is 32.2. The summed E-state index contributed by atoms with van der Waals surface area (Å²) in [5.41, 5.74) is 2.91. The summed E-state index contributed by atoms with van der Waals surface area (Å²) in [5, 5.41) is 0. The maximum absolute atomic E-state index is 12.9. The molecule has 118 valence electrons. The van der Waals surface area contributed by atoms with Crippen LogP contribution in [0.3, 0.4) is 0 Å². The number of rotatable bonds is 5. The van der Waals surface area contributed by atoms with Crippen molar-refractivity contribution in [2.24, 2.45) is 0 Å². The molecule has 22 heavy (non-hydrogen) atoms. The standard InChI is InChI=1S/C17H20FNO2S/c18-16-6-8-17(9-7-16)22(20,21)11-3-10-19-12-14-4-1-2-5-15(14)13-19/h1,4,6-9H,2-3,5,10-13H2. The Labute approximate surface area is 131 Å². The van der Waals surface area contributed by atoms with Gasteiger partial charge in [0, 0.05) is 13.1 Å². The second-order valence-electron chi connectivity index (χ2n) is 5.91. The first kappa shape index (κ1) is 15.4. The van der Waals surface area contributed by atoms with E-state index in [2.05, 4.69) is 17.1 Å². The van der Waals surface area contributed by atoms with Gasteiger partial charge in [-0.1, -0.05) is 17.7 Å². The van der Waals surface area contributed by atoms with E-state index in [0.717, 1.165) is 32.5 Å². The van der Waals surface area contributed by atoms with Crippen LogP contribution in [0.5, 0.6) is 0 Å². The van der Waals surface area contributed by atoms with E-state index in [4.69, 9.17) is 0 Å². The van der Waals surface area contributed by atoms with Crippen molar-refractivity contribution in [2.75, 3.05) is 25.4 Å². The summed E-state index contributed by atoms with van der Waals surface area (Å²) in [7, 11) is -3.32. The molecule has 0 saturated heterocycles. The summed E-state index contributed by atoms with van der Waals surface area (Å²) in [6.07, 6.45) is 7.27. The molecule has 1 aromatic carbocycles. The Morgan fingerprint density at radius 2 is 1.91 bits per heavy atom. The van der Waals surface area contributed by atoms with E-state index in [9.17, 15) is 12.8 Å². The first-order valence-corrected chi connectivity index (χ1v) is 9.28. The highest BCUT2D eigenvalue weighted by Gasteiger charge is 2.22. The quantitative estimate of drug-likeness (QED) is 0.783. The smallest absolute Gasteiger partial charge is 0.178 e. The van der Waals surface area contributed by atoms with Crippen LogP contribution in [0.1, 0.15) is 19.3 Å². The third kappa shape index (κ3) is 3.47. The number of benzene rings is 1. The van der Waals surface area contributed by atoms with E-state index in [0.29, 0.717) is 6.42 Å². The van der Waals surface area contributed by atoms with Crippen LogP contribution in [0.4, 0.5) is 4.39 Å². The highest BCUT2D eigenvalue weighted by molar-refractivity contribution is 7.91. The van der Waals surface area contributed by atoms with Crippen molar-refractivity contribution in [3.8, 4) is 0 Å². The van der Waals surface area contributed by atoms with Gasteiger partial charge in [0.1, 0.15) is 5.82 Å². The minimum Gasteiger partial charge on any atom is -0.295 e. The zero-order chi connectivity index (χ0) is 15.6. The molecule has 1 aliphatic heterocycles. The molecule has 0 N–H and O–H groups in total. The van der Waals surface area contributed by atoms with Gasteiger partial charge in [0.05, 0.1) is 10.6 Å². The predicted octanol–water partition coefficient (Wildman–Crippen LogP) is 2.95. The first-order chi connectivity index (χ1) is 10.5. The lowest BCUT2D eigenvalue weighted by molar-refractivity contribution is 0.345. The molecule has 0 atom stereocenters. The molecule has 2 aliphatic rings. The molecule has 1 heterocycles. The molecule has 0 spiro atoms. The Morgan fingerprint density at radius 3 is 2.64 bits per heavy atom. The summed E-state index contributed by atoms with van der Waals surface area (Å²) >= 11 is 0. The van der Waals surface area contributed by atoms with Gasteiger partial charge in [0.25, 0.3) is 0 Å². The molecule has 0 fully saturated rings. The SMILES string of the molecule is O=S(=O)(CCCN1CC2=C(CCC=C2)C1)c1ccc(F)cc1. The van der Waals surface area contributed by atoms with Gasteiger partial charge < -0.3 is 0 Å². The molecule has 0 saturated carbocycles. The van der Waals surface area contributed by atoms with Crippen LogP contribution in [0, 0.1) is 5.82 Å². The lowest BCUT2D eigenvalue weighted by Gasteiger charge is -2.15. The van der Waals surface area contributed by atoms with E-state index in [1.807, 2.05) is 0 Å². The van der Waals surface area contributed by atoms with Crippen molar-refractivity contribution in [2.45, 2.75) is 24.2 Å². The minimum atomic E-state index is -3.32. The minimum absolute atomic E-state index is 0.107. The number of hydrogen-bond donors (Lipinski definition) is 0. The average molecular weight is 321 g/mol. The summed E-state index contributed by atoms with van der Waals surface area (Å²) in [5.74, 6) is -0.309. The fraction of sp³-hybridized carbons (Fsp3) is 0.412. The molecule has 5 heteroatoms. The normalized spacial score (nSPS) is 18.8. The molecular formula is C17H20FNO2S. The molecular weight excluding hydrogens is 301 g/mol. The fourth-order valence-electron chi connectivity index (χ4n) is 3.07. The summed E-state index contributed by atoms with van der Waals surface area (Å²) in [4.78, 5) is 2.51. The summed E-state index contributed by atoms with van der Waals surface area (Å²) in [6, 6.07) is 5.06. The van der Waals surface area contributed by atoms with Crippen LogP contribution >= 0.6 is 0 Å². The predicted molar refractivity (Wildman–Crippen MR) is 84.9 cm³/mol. The zero-order valence-corrected chi connectivity index (χ0v) is 13.3. The van der Waals surface area contributed by atoms with E-state index in [1.165, 1.54) is 35.4 Å². The van der Waals surface area contributed by atoms with Gasteiger partial charge in [0.15, 0.2) is 9.84 Å². The van der Waals surface area contributed by atoms with Crippen LogP contribution in [-0.4, -0.2) is 38.7 Å². The molecule has 0 radical (unpaired) electrons. The van der Waals surface area contributed by atoms with Crippen molar-refractivity contribution < 1.29 is 12.8 Å². The monoisotopic (exact) mass is 321 g/mol. The van der Waals surface area contributed by atoms with Crippen molar-refractivity contribution in [1.82, 2.24) is 4.90 Å². The van der Waals surface area contributed by atoms with Gasteiger partial charge in [-0.15, -0.1) is 0 Å². The second-order valence-corrected chi connectivity index (χ2v) is 8.02. The van der Waals surface area contributed by atoms with E-state index >= 15 is 0 Å². The summed E-state index contributed by atoms with van der Waals surface area (Å²) in [6.45, 7) is 2.68. The maximum Gasteiger partial charge on any atom is 0.178 e. The largest absolute Gasteiger partial charge is 0.295 e. The lowest BCUT2D eigenvalue weighted by atomic mass is 10.0. The van der Waals surface area contributed by atoms with Gasteiger partial charge in [-0.25, -0.2) is 12.8 Å². The number of halogens is 1. The molecule has 1 aliphatic carbocycles. The number of hydrogen-bond acceptors (Lipinski definition) is 3. The number of sulfone groups is 1. The summed E-state index contributed by atoms with van der Waals surface area (Å²) < 4.78 is 37.3. The Bertz CT molecular complexity index is 705. The maximum atomic E-state index is 12.9. The van der Waals surface area contributed by atoms with E-state index in [1.54, 1.807) is 0 Å². The second kappa shape index (κ2) is 6.34. The van der Waals surface area contributed by atoms with E-state index in [-0.39, 0.29) is 10.6 Å². The van der Waals surface area contributed by atoms with Gasteiger partial charge in [-0.3, -0.25) is 4.90 Å². The average Bonchev–Trinajstić information content (AvgIpc) is 2.90. The fourth-order valence-corrected chi connectivity index (χ4v) is 4.37. The van der Waals surface area contributed by atoms with Crippen LogP contribution in [0.2, 0.25) is 0 Å². The van der Waals surface area contributed by atoms with Gasteiger partial charge in [-0.2, -0.15) is 0 Å². The molecule has 0 aromatic heterocycles. The number of nitrogens with zero attached hydrogens (tertiary/aromatic N) is 1. The zero-order valence-electron chi connectivity index (χ0n) is 12.5. The third-order valence-corrected chi connectivity index (χ3v) is 6.07. The third-order valence-electron chi connectivity index (χ3n) is 4.25. The number of allylic oxidation sites excluding steroid dienone is 1. The van der Waals surface area contributed by atoms with Crippen LogP contribution in [-0.2, 0) is 9.84 Å². The van der Waals surface area contributed by atoms with Gasteiger partial charge >= 0.3 is 0 Å². The van der Waals surface area contributed by atoms with Crippen molar-refractivity contribution in [3.63, 3.8) is 0 Å². The van der Waals surface area contributed by atoms with Crippen LogP contribution < -0.4 is 0 Å². The Balaban J connectivity index is 1.51. The topological polar surface area (TPSA) is 37.4 Å². The van der Waals surface area contributed by atoms with E-state index < -0.39 is 15.7 Å². The lowest BCUT2D eigenvalue weighted by Crippen LogP contribution is -2.24.